The number of halogens is 3. The van der Waals surface area contributed by atoms with Crippen LogP contribution in [-0.4, -0.2) is 10.1 Å². The summed E-state index contributed by atoms with van der Waals surface area (Å²) in [4.78, 5) is 2.30. The monoisotopic (exact) mass is 229 g/mol. The number of rotatable bonds is 1. The van der Waals surface area contributed by atoms with Crippen LogP contribution in [-0.2, 0) is 6.18 Å². The lowest BCUT2D eigenvalue weighted by Crippen LogP contribution is -2.10. The van der Waals surface area contributed by atoms with E-state index in [9.17, 15) is 18.3 Å². The maximum Gasteiger partial charge on any atom is 0.431 e. The number of aromatic nitrogens is 1. The first-order chi connectivity index (χ1) is 7.41. The average Bonchev–Trinajstić information content (AvgIpc) is 2.55. The van der Waals surface area contributed by atoms with E-state index in [1.54, 1.807) is 24.3 Å². The second kappa shape index (κ2) is 3.52. The van der Waals surface area contributed by atoms with Crippen LogP contribution in [0.4, 0.5) is 13.2 Å². The summed E-state index contributed by atoms with van der Waals surface area (Å²) in [6.45, 7) is 1.32. The molecule has 1 aromatic carbocycles. The number of aliphatic hydroxyl groups is 1. The van der Waals surface area contributed by atoms with Crippen molar-refractivity contribution in [3.63, 3.8) is 0 Å². The average molecular weight is 229 g/mol. The molecule has 5 heteroatoms. The van der Waals surface area contributed by atoms with Crippen molar-refractivity contribution >= 4 is 10.9 Å². The van der Waals surface area contributed by atoms with Gasteiger partial charge in [-0.2, -0.15) is 13.2 Å². The molecule has 0 saturated heterocycles. The highest BCUT2D eigenvalue weighted by Gasteiger charge is 2.37. The molecule has 2 rings (SSSR count). The molecule has 0 bridgehead atoms. The number of H-pyrrole nitrogens is 1. The summed E-state index contributed by atoms with van der Waals surface area (Å²) in [6, 6.07) is 6.40. The Hall–Kier alpha value is -1.49. The van der Waals surface area contributed by atoms with Crippen molar-refractivity contribution in [3.8, 4) is 0 Å². The van der Waals surface area contributed by atoms with Crippen molar-refractivity contribution < 1.29 is 18.3 Å². The van der Waals surface area contributed by atoms with E-state index >= 15 is 0 Å². The first-order valence-electron chi connectivity index (χ1n) is 4.77. The van der Waals surface area contributed by atoms with Gasteiger partial charge in [0.2, 0.25) is 0 Å². The van der Waals surface area contributed by atoms with Gasteiger partial charge in [0.1, 0.15) is 5.69 Å². The number of benzene rings is 1. The fourth-order valence-corrected chi connectivity index (χ4v) is 1.82. The Balaban J connectivity index is 2.78. The minimum atomic E-state index is -4.48. The van der Waals surface area contributed by atoms with Gasteiger partial charge in [0.15, 0.2) is 0 Å². The molecule has 0 aliphatic heterocycles. The molecule has 1 unspecified atom stereocenters. The number of para-hydroxylation sites is 1. The number of aliphatic hydroxyl groups excluding tert-OH is 1. The van der Waals surface area contributed by atoms with Crippen molar-refractivity contribution in [2.24, 2.45) is 0 Å². The number of hydrogen-bond acceptors (Lipinski definition) is 1. The second-order valence-corrected chi connectivity index (χ2v) is 3.63. The standard InChI is InChI=1S/C11H10F3NO/c1-6(16)9-7-4-2-3-5-8(7)15-10(9)11(12,13)14/h2-6,15-16H,1H3. The first kappa shape index (κ1) is 11.0. The molecule has 0 saturated carbocycles. The van der Waals surface area contributed by atoms with Crippen LogP contribution in [0.15, 0.2) is 24.3 Å². The molecule has 0 aliphatic rings. The molecular formula is C11H10F3NO. The van der Waals surface area contributed by atoms with Crippen LogP contribution in [0, 0.1) is 0 Å². The number of fused-ring (bicyclic) bond motifs is 1. The van der Waals surface area contributed by atoms with Gasteiger partial charge in [-0.05, 0) is 13.0 Å². The van der Waals surface area contributed by atoms with Gasteiger partial charge in [0.25, 0.3) is 0 Å². The summed E-state index contributed by atoms with van der Waals surface area (Å²) in [5, 5.41) is 9.84. The lowest BCUT2D eigenvalue weighted by Gasteiger charge is -2.10. The topological polar surface area (TPSA) is 36.0 Å². The second-order valence-electron chi connectivity index (χ2n) is 3.63. The fourth-order valence-electron chi connectivity index (χ4n) is 1.82. The van der Waals surface area contributed by atoms with Crippen molar-refractivity contribution in [1.29, 1.82) is 0 Å². The summed E-state index contributed by atoms with van der Waals surface area (Å²) < 4.78 is 38.1. The van der Waals surface area contributed by atoms with E-state index in [2.05, 4.69) is 4.98 Å². The van der Waals surface area contributed by atoms with E-state index in [4.69, 9.17) is 0 Å². The molecule has 1 atom stereocenters. The highest BCUT2D eigenvalue weighted by molar-refractivity contribution is 5.85. The Morgan fingerprint density at radius 2 is 1.88 bits per heavy atom. The molecule has 1 aromatic heterocycles. The third kappa shape index (κ3) is 1.67. The van der Waals surface area contributed by atoms with Gasteiger partial charge in [-0.1, -0.05) is 18.2 Å². The van der Waals surface area contributed by atoms with E-state index in [1.165, 1.54) is 6.92 Å². The molecule has 16 heavy (non-hydrogen) atoms. The lowest BCUT2D eigenvalue weighted by atomic mass is 10.1. The zero-order chi connectivity index (χ0) is 11.9. The smallest absolute Gasteiger partial charge is 0.389 e. The predicted octanol–water partition coefficient (Wildman–Crippen LogP) is 3.24. The molecule has 0 aliphatic carbocycles. The van der Waals surface area contributed by atoms with Crippen molar-refractivity contribution in [2.45, 2.75) is 19.2 Å². The third-order valence-electron chi connectivity index (χ3n) is 2.45. The number of hydrogen-bond donors (Lipinski definition) is 2. The fraction of sp³-hybridized carbons (Fsp3) is 0.273. The summed E-state index contributed by atoms with van der Waals surface area (Å²) in [5.74, 6) is 0. The number of alkyl halides is 3. The van der Waals surface area contributed by atoms with Crippen molar-refractivity contribution in [2.75, 3.05) is 0 Å². The van der Waals surface area contributed by atoms with Crippen molar-refractivity contribution in [3.05, 3.63) is 35.5 Å². The molecule has 1 heterocycles. The maximum absolute atomic E-state index is 12.7. The van der Waals surface area contributed by atoms with Gasteiger partial charge in [-0.15, -0.1) is 0 Å². The summed E-state index contributed by atoms with van der Waals surface area (Å²) in [5.41, 5.74) is -0.586. The molecule has 0 fully saturated rings. The predicted molar refractivity (Wildman–Crippen MR) is 53.9 cm³/mol. The Labute approximate surface area is 89.7 Å². The van der Waals surface area contributed by atoms with Crippen LogP contribution < -0.4 is 0 Å². The van der Waals surface area contributed by atoms with E-state index in [1.807, 2.05) is 0 Å². The van der Waals surface area contributed by atoms with Crippen LogP contribution in [0.3, 0.4) is 0 Å². The molecule has 0 spiro atoms. The minimum absolute atomic E-state index is 0.0944. The van der Waals surface area contributed by atoms with Crippen LogP contribution in [0.25, 0.3) is 10.9 Å². The zero-order valence-electron chi connectivity index (χ0n) is 8.47. The molecule has 0 radical (unpaired) electrons. The SMILES string of the molecule is CC(O)c1c(C(F)(F)F)[nH]c2ccccc12. The normalized spacial score (nSPS) is 14.3. The van der Waals surface area contributed by atoms with Gasteiger partial charge in [0.05, 0.1) is 6.10 Å². The van der Waals surface area contributed by atoms with Crippen LogP contribution >= 0.6 is 0 Å². The van der Waals surface area contributed by atoms with Crippen LogP contribution in [0.5, 0.6) is 0 Å². The Bertz CT molecular complexity index is 513. The summed E-state index contributed by atoms with van der Waals surface area (Å²) >= 11 is 0. The van der Waals surface area contributed by atoms with E-state index in [0.717, 1.165) is 0 Å². The van der Waals surface area contributed by atoms with Gasteiger partial charge >= 0.3 is 6.18 Å². The van der Waals surface area contributed by atoms with E-state index < -0.39 is 18.0 Å². The highest BCUT2D eigenvalue weighted by atomic mass is 19.4. The quantitative estimate of drug-likeness (QED) is 0.773. The molecule has 0 amide bonds. The van der Waals surface area contributed by atoms with Gasteiger partial charge in [-0.3, -0.25) is 0 Å². The number of aromatic amines is 1. The number of nitrogens with one attached hydrogen (secondary N) is 1. The van der Waals surface area contributed by atoms with Gasteiger partial charge in [0, 0.05) is 16.5 Å². The first-order valence-corrected chi connectivity index (χ1v) is 4.77. The van der Waals surface area contributed by atoms with Crippen LogP contribution in [0.1, 0.15) is 24.3 Å². The van der Waals surface area contributed by atoms with Crippen LogP contribution in [0.2, 0.25) is 0 Å². The maximum atomic E-state index is 12.7. The summed E-state index contributed by atoms with van der Waals surface area (Å²) in [6.07, 6.45) is -5.64. The molecule has 2 N–H and O–H groups in total. The Kier molecular flexibility index (Phi) is 2.42. The zero-order valence-corrected chi connectivity index (χ0v) is 8.47. The lowest BCUT2D eigenvalue weighted by molar-refractivity contribution is -0.142. The molecule has 86 valence electrons. The Morgan fingerprint density at radius 3 is 2.44 bits per heavy atom. The van der Waals surface area contributed by atoms with E-state index in [-0.39, 0.29) is 5.56 Å². The highest BCUT2D eigenvalue weighted by Crippen LogP contribution is 2.38. The largest absolute Gasteiger partial charge is 0.431 e. The molecular weight excluding hydrogens is 219 g/mol. The summed E-state index contributed by atoms with van der Waals surface area (Å²) in [7, 11) is 0. The van der Waals surface area contributed by atoms with Gasteiger partial charge < -0.3 is 10.1 Å². The van der Waals surface area contributed by atoms with Gasteiger partial charge in [-0.25, -0.2) is 0 Å². The molecule has 2 nitrogen and oxygen atoms in total. The Morgan fingerprint density at radius 1 is 1.25 bits per heavy atom. The third-order valence-corrected chi connectivity index (χ3v) is 2.45. The van der Waals surface area contributed by atoms with E-state index in [0.29, 0.717) is 10.9 Å². The molecule has 2 aromatic rings. The van der Waals surface area contributed by atoms with Crippen molar-refractivity contribution in [1.82, 2.24) is 4.98 Å². The minimum Gasteiger partial charge on any atom is -0.389 e.